The summed E-state index contributed by atoms with van der Waals surface area (Å²) >= 11 is 0. The lowest BCUT2D eigenvalue weighted by atomic mass is 10.0. The first kappa shape index (κ1) is 18.3. The van der Waals surface area contributed by atoms with E-state index in [0.717, 1.165) is 23.2 Å². The van der Waals surface area contributed by atoms with Gasteiger partial charge in [0.15, 0.2) is 0 Å². The minimum absolute atomic E-state index is 0.419. The van der Waals surface area contributed by atoms with Gasteiger partial charge in [0, 0.05) is 0 Å². The first-order chi connectivity index (χ1) is 12.3. The number of fused-ring (bicyclic) bond motifs is 1. The fourth-order valence-electron chi connectivity index (χ4n) is 2.58. The number of hydrogen-bond acceptors (Lipinski definition) is 3. The van der Waals surface area contributed by atoms with Crippen molar-refractivity contribution < 1.29 is 27.8 Å². The van der Waals surface area contributed by atoms with Crippen LogP contribution in [0, 0.1) is 0 Å². The maximum atomic E-state index is 12.0. The molecule has 26 heavy (non-hydrogen) atoms. The SMILES string of the molecule is COc1ccc(C(F)(F)F)cc1.OC1(Cn2[nH]c3ccccc32)COC1. The Balaban J connectivity index is 0.000000153. The first-order valence-corrected chi connectivity index (χ1v) is 7.95. The van der Waals surface area contributed by atoms with Gasteiger partial charge in [-0.3, -0.25) is 9.78 Å². The van der Waals surface area contributed by atoms with E-state index in [1.807, 2.05) is 28.9 Å². The molecule has 1 fully saturated rings. The number of hydrogen-bond donors (Lipinski definition) is 2. The van der Waals surface area contributed by atoms with Crippen LogP contribution in [-0.4, -0.2) is 40.8 Å². The van der Waals surface area contributed by atoms with Gasteiger partial charge in [-0.15, -0.1) is 0 Å². The summed E-state index contributed by atoms with van der Waals surface area (Å²) in [5, 5.41) is 13.0. The number of H-pyrrole nitrogens is 1. The molecule has 0 unspecified atom stereocenters. The molecule has 0 aliphatic carbocycles. The van der Waals surface area contributed by atoms with Gasteiger partial charge in [0.05, 0.1) is 43.5 Å². The molecule has 0 amide bonds. The molecule has 1 aliphatic heterocycles. The third-order valence-corrected chi connectivity index (χ3v) is 4.06. The van der Waals surface area contributed by atoms with Gasteiger partial charge < -0.3 is 14.6 Å². The average Bonchev–Trinajstić information content (AvgIpc) is 2.58. The van der Waals surface area contributed by atoms with E-state index in [2.05, 4.69) is 5.10 Å². The zero-order valence-corrected chi connectivity index (χ0v) is 14.1. The standard InChI is InChI=1S/C10H12N2O2.C8H7F3O/c13-10(6-14-7-10)5-12-9-4-2-1-3-8(9)11-12;1-12-7-4-2-6(3-5-7)8(9,10)11/h1-4,11,13H,5-7H2;2-5H,1H3. The highest BCUT2D eigenvalue weighted by Crippen LogP contribution is 2.30. The smallest absolute Gasteiger partial charge is 0.416 e. The number of aromatic nitrogens is 2. The van der Waals surface area contributed by atoms with Crippen LogP contribution in [0.3, 0.4) is 0 Å². The van der Waals surface area contributed by atoms with Gasteiger partial charge >= 0.3 is 6.18 Å². The van der Waals surface area contributed by atoms with Crippen LogP contribution in [0.25, 0.3) is 11.0 Å². The highest BCUT2D eigenvalue weighted by molar-refractivity contribution is 5.76. The van der Waals surface area contributed by atoms with Crippen molar-refractivity contribution in [2.24, 2.45) is 0 Å². The predicted molar refractivity (Wildman–Crippen MR) is 90.1 cm³/mol. The number of halogens is 3. The summed E-state index contributed by atoms with van der Waals surface area (Å²) < 4.78 is 47.6. The Labute approximate surface area is 147 Å². The maximum absolute atomic E-state index is 12.0. The van der Waals surface area contributed by atoms with Gasteiger partial charge in [-0.2, -0.15) is 13.2 Å². The molecule has 0 bridgehead atoms. The molecule has 0 radical (unpaired) electrons. The Morgan fingerprint density at radius 3 is 2.31 bits per heavy atom. The molecule has 1 aromatic heterocycles. The topological polar surface area (TPSA) is 59.4 Å². The van der Waals surface area contributed by atoms with E-state index in [-0.39, 0.29) is 0 Å². The van der Waals surface area contributed by atoms with Crippen LogP contribution in [-0.2, 0) is 17.5 Å². The minimum Gasteiger partial charge on any atom is -0.497 e. The first-order valence-electron chi connectivity index (χ1n) is 7.95. The van der Waals surface area contributed by atoms with E-state index in [1.165, 1.54) is 19.2 Å². The molecule has 5 nitrogen and oxygen atoms in total. The molecule has 3 aromatic rings. The van der Waals surface area contributed by atoms with Crippen LogP contribution < -0.4 is 4.74 Å². The summed E-state index contributed by atoms with van der Waals surface area (Å²) in [5.41, 5.74) is 0.938. The van der Waals surface area contributed by atoms with Gasteiger partial charge in [-0.05, 0) is 36.4 Å². The number of alkyl halides is 3. The van der Waals surface area contributed by atoms with Gasteiger partial charge in [-0.1, -0.05) is 12.1 Å². The number of nitrogens with zero attached hydrogens (tertiary/aromatic N) is 1. The number of methoxy groups -OCH3 is 1. The zero-order chi connectivity index (χ0) is 18.8. The summed E-state index contributed by atoms with van der Waals surface area (Å²) in [4.78, 5) is 0. The Morgan fingerprint density at radius 1 is 1.15 bits per heavy atom. The molecule has 8 heteroatoms. The van der Waals surface area contributed by atoms with Gasteiger partial charge in [0.2, 0.25) is 0 Å². The summed E-state index contributed by atoms with van der Waals surface area (Å²) in [5.74, 6) is 0.419. The number of aromatic amines is 1. The molecule has 2 aromatic carbocycles. The van der Waals surface area contributed by atoms with Gasteiger partial charge in [-0.25, -0.2) is 0 Å². The van der Waals surface area contributed by atoms with Crippen molar-refractivity contribution in [3.63, 3.8) is 0 Å². The molecular weight excluding hydrogens is 349 g/mol. The van der Waals surface area contributed by atoms with E-state index in [1.54, 1.807) is 0 Å². The van der Waals surface area contributed by atoms with Crippen LogP contribution in [0.5, 0.6) is 5.75 Å². The highest BCUT2D eigenvalue weighted by atomic mass is 19.4. The van der Waals surface area contributed by atoms with E-state index >= 15 is 0 Å². The van der Waals surface area contributed by atoms with Crippen LogP contribution in [0.4, 0.5) is 13.2 Å². The number of rotatable bonds is 3. The maximum Gasteiger partial charge on any atom is 0.416 e. The molecule has 0 spiro atoms. The molecular formula is C18H19F3N2O3. The van der Waals surface area contributed by atoms with Crippen LogP contribution in [0.1, 0.15) is 5.56 Å². The number of aliphatic hydroxyl groups is 1. The van der Waals surface area contributed by atoms with E-state index in [0.29, 0.717) is 25.5 Å². The summed E-state index contributed by atoms with van der Waals surface area (Å²) in [6.45, 7) is 1.46. The van der Waals surface area contributed by atoms with Crippen LogP contribution >= 0.6 is 0 Å². The lowest BCUT2D eigenvalue weighted by Crippen LogP contribution is -2.53. The van der Waals surface area contributed by atoms with Crippen molar-refractivity contribution in [1.29, 1.82) is 0 Å². The normalized spacial score (nSPS) is 15.9. The Hall–Kier alpha value is -2.45. The van der Waals surface area contributed by atoms with E-state index in [4.69, 9.17) is 9.47 Å². The monoisotopic (exact) mass is 368 g/mol. The second-order valence-electron chi connectivity index (χ2n) is 6.16. The van der Waals surface area contributed by atoms with E-state index in [9.17, 15) is 18.3 Å². The minimum atomic E-state index is -4.27. The quantitative estimate of drug-likeness (QED) is 0.745. The fourth-order valence-corrected chi connectivity index (χ4v) is 2.58. The highest BCUT2D eigenvalue weighted by Gasteiger charge is 2.37. The predicted octanol–water partition coefficient (Wildman–Crippen LogP) is 3.44. The zero-order valence-electron chi connectivity index (χ0n) is 14.1. The molecule has 1 aliphatic rings. The van der Waals surface area contributed by atoms with Gasteiger partial charge in [0.25, 0.3) is 0 Å². The lowest BCUT2D eigenvalue weighted by molar-refractivity contribution is -0.186. The van der Waals surface area contributed by atoms with Crippen molar-refractivity contribution in [2.45, 2.75) is 18.3 Å². The van der Waals surface area contributed by atoms with Crippen molar-refractivity contribution in [3.05, 3.63) is 54.1 Å². The molecule has 4 rings (SSSR count). The lowest BCUT2D eigenvalue weighted by Gasteiger charge is -2.37. The van der Waals surface area contributed by atoms with E-state index < -0.39 is 17.3 Å². The number of benzene rings is 2. The van der Waals surface area contributed by atoms with Gasteiger partial charge in [0.1, 0.15) is 11.4 Å². The number of para-hydroxylation sites is 2. The fraction of sp³-hybridized carbons (Fsp3) is 0.333. The Morgan fingerprint density at radius 2 is 1.81 bits per heavy atom. The molecule has 0 atom stereocenters. The summed E-state index contributed by atoms with van der Waals surface area (Å²) in [6, 6.07) is 12.6. The van der Waals surface area contributed by atoms with Crippen LogP contribution in [0.15, 0.2) is 48.5 Å². The second-order valence-corrected chi connectivity index (χ2v) is 6.16. The molecule has 0 saturated carbocycles. The Kier molecular flexibility index (Phi) is 4.97. The van der Waals surface area contributed by atoms with Crippen molar-refractivity contribution >= 4 is 11.0 Å². The second kappa shape index (κ2) is 7.05. The Bertz CT molecular complexity index is 849. The molecule has 1 saturated heterocycles. The summed E-state index contributed by atoms with van der Waals surface area (Å²) in [7, 11) is 1.41. The molecule has 140 valence electrons. The van der Waals surface area contributed by atoms with Crippen molar-refractivity contribution in [1.82, 2.24) is 9.78 Å². The number of ether oxygens (including phenoxy) is 2. The van der Waals surface area contributed by atoms with Crippen molar-refractivity contribution in [3.8, 4) is 5.75 Å². The van der Waals surface area contributed by atoms with Crippen molar-refractivity contribution in [2.75, 3.05) is 20.3 Å². The average molecular weight is 368 g/mol. The third-order valence-electron chi connectivity index (χ3n) is 4.06. The largest absolute Gasteiger partial charge is 0.497 e. The summed E-state index contributed by atoms with van der Waals surface area (Å²) in [6.07, 6.45) is -4.27. The van der Waals surface area contributed by atoms with Crippen LogP contribution in [0.2, 0.25) is 0 Å². The number of nitrogens with one attached hydrogen (secondary N) is 1. The molecule has 2 heterocycles. The molecule has 2 N–H and O–H groups in total. The third kappa shape index (κ3) is 4.03.